The quantitative estimate of drug-likeness (QED) is 0.704. The number of amides is 1. The number of hydrogen-bond acceptors (Lipinski definition) is 5. The van der Waals surface area contributed by atoms with Crippen LogP contribution in [0.3, 0.4) is 0 Å². The van der Waals surface area contributed by atoms with Crippen LogP contribution in [0.4, 0.5) is 0 Å². The molecule has 120 valence electrons. The van der Waals surface area contributed by atoms with Crippen LogP contribution in [0.2, 0.25) is 0 Å². The summed E-state index contributed by atoms with van der Waals surface area (Å²) in [5.41, 5.74) is 0. The van der Waals surface area contributed by atoms with E-state index in [0.717, 1.165) is 21.2 Å². The van der Waals surface area contributed by atoms with Crippen molar-refractivity contribution in [1.29, 1.82) is 0 Å². The number of thiophene rings is 2. The maximum absolute atomic E-state index is 12.1. The SMILES string of the molecule is CC[C@H](C)NC(=O)COC(=O)c1cc2sc3ccccc3c2s1. The van der Waals surface area contributed by atoms with Crippen LogP contribution < -0.4 is 5.32 Å². The van der Waals surface area contributed by atoms with Gasteiger partial charge >= 0.3 is 5.97 Å². The van der Waals surface area contributed by atoms with Gasteiger partial charge in [0.05, 0.1) is 4.70 Å². The minimum Gasteiger partial charge on any atom is -0.451 e. The van der Waals surface area contributed by atoms with Gasteiger partial charge in [0.15, 0.2) is 6.61 Å². The van der Waals surface area contributed by atoms with Gasteiger partial charge in [-0.1, -0.05) is 25.1 Å². The van der Waals surface area contributed by atoms with Crippen molar-refractivity contribution < 1.29 is 14.3 Å². The van der Waals surface area contributed by atoms with E-state index in [-0.39, 0.29) is 18.6 Å². The van der Waals surface area contributed by atoms with Crippen LogP contribution in [0, 0.1) is 0 Å². The summed E-state index contributed by atoms with van der Waals surface area (Å²) in [6, 6.07) is 10.1. The van der Waals surface area contributed by atoms with Gasteiger partial charge in [0, 0.05) is 20.8 Å². The van der Waals surface area contributed by atoms with Crippen LogP contribution in [0.15, 0.2) is 30.3 Å². The van der Waals surface area contributed by atoms with Crippen molar-refractivity contribution in [2.75, 3.05) is 6.61 Å². The number of nitrogens with one attached hydrogen (secondary N) is 1. The predicted molar refractivity (Wildman–Crippen MR) is 95.4 cm³/mol. The molecular weight excluding hydrogens is 330 g/mol. The maximum Gasteiger partial charge on any atom is 0.348 e. The predicted octanol–water partition coefficient (Wildman–Crippen LogP) is 4.19. The van der Waals surface area contributed by atoms with Gasteiger partial charge in [0.25, 0.3) is 5.91 Å². The highest BCUT2D eigenvalue weighted by Crippen LogP contribution is 2.39. The summed E-state index contributed by atoms with van der Waals surface area (Å²) >= 11 is 3.07. The Hall–Kier alpha value is -1.92. The van der Waals surface area contributed by atoms with Crippen molar-refractivity contribution in [3.8, 4) is 0 Å². The summed E-state index contributed by atoms with van der Waals surface area (Å²) in [4.78, 5) is 24.3. The number of ether oxygens (including phenoxy) is 1. The number of benzene rings is 1. The zero-order valence-electron chi connectivity index (χ0n) is 12.9. The lowest BCUT2D eigenvalue weighted by molar-refractivity contribution is -0.124. The fourth-order valence-corrected chi connectivity index (χ4v) is 4.64. The smallest absolute Gasteiger partial charge is 0.348 e. The molecule has 2 aromatic heterocycles. The Morgan fingerprint density at radius 1 is 1.22 bits per heavy atom. The summed E-state index contributed by atoms with van der Waals surface area (Å²) < 4.78 is 8.49. The lowest BCUT2D eigenvalue weighted by Crippen LogP contribution is -2.35. The second-order valence-corrected chi connectivity index (χ2v) is 7.49. The van der Waals surface area contributed by atoms with Gasteiger partial charge in [-0.05, 0) is 25.5 Å². The summed E-state index contributed by atoms with van der Waals surface area (Å²) in [5, 5.41) is 3.93. The number of esters is 1. The van der Waals surface area contributed by atoms with Crippen molar-refractivity contribution in [2.45, 2.75) is 26.3 Å². The summed E-state index contributed by atoms with van der Waals surface area (Å²) in [6.45, 7) is 3.66. The Morgan fingerprint density at radius 2 is 2.00 bits per heavy atom. The first-order chi connectivity index (χ1) is 11.1. The van der Waals surface area contributed by atoms with Gasteiger partial charge in [-0.25, -0.2) is 4.79 Å². The van der Waals surface area contributed by atoms with Gasteiger partial charge in [-0.15, -0.1) is 22.7 Å². The number of carbonyl (C=O) groups is 2. The van der Waals surface area contributed by atoms with Gasteiger partial charge in [-0.2, -0.15) is 0 Å². The molecule has 3 aromatic rings. The molecule has 0 aliphatic heterocycles. The first-order valence-electron chi connectivity index (χ1n) is 7.46. The van der Waals surface area contributed by atoms with Crippen molar-refractivity contribution in [2.24, 2.45) is 0 Å². The van der Waals surface area contributed by atoms with Gasteiger partial charge in [-0.3, -0.25) is 4.79 Å². The molecule has 3 rings (SSSR count). The average Bonchev–Trinajstić information content (AvgIpc) is 3.10. The molecule has 0 unspecified atom stereocenters. The van der Waals surface area contributed by atoms with Crippen molar-refractivity contribution in [3.63, 3.8) is 0 Å². The number of fused-ring (bicyclic) bond motifs is 3. The van der Waals surface area contributed by atoms with E-state index in [1.807, 2.05) is 32.0 Å². The van der Waals surface area contributed by atoms with Crippen molar-refractivity contribution >= 4 is 54.0 Å². The van der Waals surface area contributed by atoms with Crippen LogP contribution in [0.1, 0.15) is 29.9 Å². The zero-order valence-corrected chi connectivity index (χ0v) is 14.6. The van der Waals surface area contributed by atoms with Gasteiger partial charge < -0.3 is 10.1 Å². The Labute approximate surface area is 142 Å². The van der Waals surface area contributed by atoms with E-state index in [9.17, 15) is 9.59 Å². The standard InChI is InChI=1S/C17H17NO3S2/c1-3-10(2)18-15(19)9-21-17(20)14-8-13-16(23-14)11-6-4-5-7-12(11)22-13/h4-8,10H,3,9H2,1-2H3,(H,18,19)/t10-/m0/s1. The highest BCUT2D eigenvalue weighted by Gasteiger charge is 2.16. The van der Waals surface area contributed by atoms with Gasteiger partial charge in [0.1, 0.15) is 4.88 Å². The van der Waals surface area contributed by atoms with E-state index in [2.05, 4.69) is 17.4 Å². The minimum absolute atomic E-state index is 0.0830. The fraction of sp³-hybridized carbons (Fsp3) is 0.294. The van der Waals surface area contributed by atoms with Crippen molar-refractivity contribution in [1.82, 2.24) is 5.32 Å². The minimum atomic E-state index is -0.443. The Bertz CT molecular complexity index is 865. The van der Waals surface area contributed by atoms with Crippen LogP contribution in [-0.2, 0) is 9.53 Å². The van der Waals surface area contributed by atoms with Crippen LogP contribution in [0.25, 0.3) is 19.5 Å². The highest BCUT2D eigenvalue weighted by atomic mass is 32.1. The fourth-order valence-electron chi connectivity index (χ4n) is 2.22. The maximum atomic E-state index is 12.1. The first-order valence-corrected chi connectivity index (χ1v) is 9.09. The summed E-state index contributed by atoms with van der Waals surface area (Å²) in [6.07, 6.45) is 0.841. The molecule has 0 fully saturated rings. The number of carbonyl (C=O) groups excluding carboxylic acids is 2. The molecule has 0 aliphatic carbocycles. The van der Waals surface area contributed by atoms with Crippen LogP contribution in [-0.4, -0.2) is 24.5 Å². The molecule has 1 N–H and O–H groups in total. The second kappa shape index (κ2) is 6.68. The largest absolute Gasteiger partial charge is 0.451 e. The molecule has 4 nitrogen and oxygen atoms in total. The third-order valence-electron chi connectivity index (χ3n) is 3.60. The van der Waals surface area contributed by atoms with E-state index in [1.54, 1.807) is 11.3 Å². The second-order valence-electron chi connectivity index (χ2n) is 5.36. The summed E-state index contributed by atoms with van der Waals surface area (Å²) in [7, 11) is 0. The third-order valence-corrected chi connectivity index (χ3v) is 6.00. The lowest BCUT2D eigenvalue weighted by Gasteiger charge is -2.10. The number of hydrogen-bond donors (Lipinski definition) is 1. The van der Waals surface area contributed by atoms with Gasteiger partial charge in [0.2, 0.25) is 0 Å². The lowest BCUT2D eigenvalue weighted by atomic mass is 10.2. The Morgan fingerprint density at radius 3 is 2.78 bits per heavy atom. The Balaban J connectivity index is 1.70. The molecule has 2 heterocycles. The third kappa shape index (κ3) is 3.38. The normalized spacial score (nSPS) is 12.4. The molecule has 0 aliphatic rings. The molecule has 0 radical (unpaired) electrons. The molecular formula is C17H17NO3S2. The molecule has 1 amide bonds. The Kier molecular flexibility index (Phi) is 4.63. The molecule has 0 saturated heterocycles. The van der Waals surface area contributed by atoms with Crippen LogP contribution in [0.5, 0.6) is 0 Å². The molecule has 0 saturated carbocycles. The average molecular weight is 347 g/mol. The van der Waals surface area contributed by atoms with E-state index < -0.39 is 5.97 Å². The first kappa shape index (κ1) is 16.0. The molecule has 0 spiro atoms. The highest BCUT2D eigenvalue weighted by molar-refractivity contribution is 7.33. The van der Waals surface area contributed by atoms with E-state index in [0.29, 0.717) is 4.88 Å². The molecule has 6 heteroatoms. The molecule has 1 aromatic carbocycles. The van der Waals surface area contributed by atoms with Crippen molar-refractivity contribution in [3.05, 3.63) is 35.2 Å². The molecule has 1 atom stereocenters. The monoisotopic (exact) mass is 347 g/mol. The van der Waals surface area contributed by atoms with Crippen LogP contribution >= 0.6 is 22.7 Å². The topological polar surface area (TPSA) is 55.4 Å². The van der Waals surface area contributed by atoms with E-state index in [1.165, 1.54) is 16.0 Å². The molecule has 23 heavy (non-hydrogen) atoms. The van der Waals surface area contributed by atoms with E-state index >= 15 is 0 Å². The molecule has 0 bridgehead atoms. The summed E-state index contributed by atoms with van der Waals surface area (Å²) in [5.74, 6) is -0.710. The van der Waals surface area contributed by atoms with E-state index in [4.69, 9.17) is 4.74 Å². The zero-order chi connectivity index (χ0) is 16.4. The number of rotatable bonds is 5.